The lowest BCUT2D eigenvalue weighted by molar-refractivity contribution is 0.179. The summed E-state index contributed by atoms with van der Waals surface area (Å²) in [5.41, 5.74) is 0.754. The van der Waals surface area contributed by atoms with Crippen molar-refractivity contribution in [1.82, 2.24) is 9.78 Å². The van der Waals surface area contributed by atoms with Gasteiger partial charge in [0.1, 0.15) is 10.6 Å². The molecule has 2 aromatic rings. The number of aromatic nitrogens is 2. The summed E-state index contributed by atoms with van der Waals surface area (Å²) in [6, 6.07) is 7.13. The Hall–Kier alpha value is -0.600. The fourth-order valence-corrected chi connectivity index (χ4v) is 3.95. The molecule has 1 aromatic heterocycles. The molecule has 0 unspecified atom stereocenters. The van der Waals surface area contributed by atoms with E-state index >= 15 is 0 Å². The van der Waals surface area contributed by atoms with Crippen LogP contribution in [0.3, 0.4) is 0 Å². The van der Waals surface area contributed by atoms with Gasteiger partial charge in [-0.15, -0.1) is 0 Å². The Bertz CT molecular complexity index is 746. The van der Waals surface area contributed by atoms with Crippen LogP contribution in [-0.4, -0.2) is 25.3 Å². The van der Waals surface area contributed by atoms with Crippen molar-refractivity contribution in [3.63, 3.8) is 0 Å². The second kappa shape index (κ2) is 6.03. The molecule has 0 spiro atoms. The molecule has 0 aliphatic heterocycles. The molecule has 108 valence electrons. The quantitative estimate of drug-likeness (QED) is 0.739. The van der Waals surface area contributed by atoms with Crippen LogP contribution in [0.4, 0.5) is 0 Å². The third kappa shape index (κ3) is 3.01. The van der Waals surface area contributed by atoms with E-state index in [0.29, 0.717) is 10.2 Å². The number of rotatable bonds is 4. The van der Waals surface area contributed by atoms with Crippen molar-refractivity contribution >= 4 is 47.3 Å². The van der Waals surface area contributed by atoms with E-state index < -0.39 is 9.05 Å². The van der Waals surface area contributed by atoms with Gasteiger partial charge in [0.2, 0.25) is 0 Å². The average molecular weight is 400 g/mol. The van der Waals surface area contributed by atoms with Gasteiger partial charge in [0, 0.05) is 22.3 Å². The Morgan fingerprint density at radius 1 is 1.40 bits per heavy atom. The third-order valence-electron chi connectivity index (χ3n) is 2.46. The molecule has 0 N–H and O–H groups in total. The second-order valence-electron chi connectivity index (χ2n) is 3.80. The highest BCUT2D eigenvalue weighted by Crippen LogP contribution is 2.32. The van der Waals surface area contributed by atoms with Gasteiger partial charge in [-0.2, -0.15) is 5.10 Å². The lowest BCUT2D eigenvalue weighted by Gasteiger charge is -2.05. The zero-order valence-electron chi connectivity index (χ0n) is 10.2. The third-order valence-corrected chi connectivity index (χ3v) is 4.97. The van der Waals surface area contributed by atoms with Crippen LogP contribution in [0.15, 0.2) is 33.6 Å². The maximum absolute atomic E-state index is 11.6. The molecule has 0 saturated heterocycles. The highest BCUT2D eigenvalue weighted by Gasteiger charge is 2.27. The van der Waals surface area contributed by atoms with E-state index in [1.54, 1.807) is 18.2 Å². The minimum atomic E-state index is -4.02. The van der Waals surface area contributed by atoms with Crippen molar-refractivity contribution in [2.45, 2.75) is 11.5 Å². The molecule has 0 aliphatic carbocycles. The Kier molecular flexibility index (Phi) is 4.76. The molecule has 0 radical (unpaired) electrons. The van der Waals surface area contributed by atoms with Crippen molar-refractivity contribution in [2.24, 2.45) is 0 Å². The Morgan fingerprint density at radius 2 is 2.05 bits per heavy atom. The molecule has 0 bridgehead atoms. The first-order valence-corrected chi connectivity index (χ1v) is 8.80. The molecular weight excluding hydrogens is 391 g/mol. The van der Waals surface area contributed by atoms with Gasteiger partial charge < -0.3 is 4.74 Å². The number of hydrogen-bond acceptors (Lipinski definition) is 4. The van der Waals surface area contributed by atoms with Crippen LogP contribution < -0.4 is 0 Å². The molecule has 0 amide bonds. The van der Waals surface area contributed by atoms with Gasteiger partial charge in [-0.25, -0.2) is 13.1 Å². The molecule has 0 fully saturated rings. The number of para-hydroxylation sites is 1. The standard InChI is InChI=1S/C11H9BrCl2N2O3S/c1-19-6-8-10(20(14,17)18)11(13)16(15-8)9-5-3-2-4-7(9)12/h2-5H,6H2,1H3. The topological polar surface area (TPSA) is 61.2 Å². The summed E-state index contributed by atoms with van der Waals surface area (Å²) < 4.78 is 30.2. The molecule has 0 saturated carbocycles. The molecule has 0 aliphatic rings. The number of halogens is 3. The molecule has 20 heavy (non-hydrogen) atoms. The van der Waals surface area contributed by atoms with E-state index in [1.807, 2.05) is 6.07 Å². The summed E-state index contributed by atoms with van der Waals surface area (Å²) >= 11 is 9.47. The smallest absolute Gasteiger partial charge is 0.266 e. The van der Waals surface area contributed by atoms with Crippen molar-refractivity contribution in [3.8, 4) is 5.69 Å². The zero-order valence-corrected chi connectivity index (χ0v) is 14.1. The Labute approximate surface area is 134 Å². The fourth-order valence-electron chi connectivity index (χ4n) is 1.68. The van der Waals surface area contributed by atoms with Gasteiger partial charge in [-0.3, -0.25) is 0 Å². The predicted octanol–water partition coefficient (Wildman–Crippen LogP) is 3.36. The molecule has 9 heteroatoms. The SMILES string of the molecule is COCc1nn(-c2ccccc2Br)c(Cl)c1S(=O)(=O)Cl. The van der Waals surface area contributed by atoms with Gasteiger partial charge in [-0.1, -0.05) is 23.7 Å². The lowest BCUT2D eigenvalue weighted by atomic mass is 10.3. The molecule has 1 heterocycles. The van der Waals surface area contributed by atoms with E-state index in [1.165, 1.54) is 11.8 Å². The van der Waals surface area contributed by atoms with Crippen LogP contribution in [-0.2, 0) is 20.4 Å². The Balaban J connectivity index is 2.72. The van der Waals surface area contributed by atoms with Crippen LogP contribution >= 0.6 is 38.2 Å². The van der Waals surface area contributed by atoms with Crippen molar-refractivity contribution in [1.29, 1.82) is 0 Å². The van der Waals surface area contributed by atoms with Gasteiger partial charge in [0.25, 0.3) is 9.05 Å². The summed E-state index contributed by atoms with van der Waals surface area (Å²) in [5, 5.41) is 4.08. The molecular formula is C11H9BrCl2N2O3S. The van der Waals surface area contributed by atoms with E-state index in [2.05, 4.69) is 21.0 Å². The van der Waals surface area contributed by atoms with Crippen LogP contribution in [0, 0.1) is 0 Å². The number of nitrogens with zero attached hydrogens (tertiary/aromatic N) is 2. The fraction of sp³-hybridized carbons (Fsp3) is 0.182. The summed E-state index contributed by atoms with van der Waals surface area (Å²) in [6.07, 6.45) is 0. The summed E-state index contributed by atoms with van der Waals surface area (Å²) in [7, 11) is 2.81. The van der Waals surface area contributed by atoms with Crippen molar-refractivity contribution in [2.75, 3.05) is 7.11 Å². The normalized spacial score (nSPS) is 11.8. The van der Waals surface area contributed by atoms with Crippen molar-refractivity contribution in [3.05, 3.63) is 39.6 Å². The van der Waals surface area contributed by atoms with Crippen LogP contribution in [0.1, 0.15) is 5.69 Å². The minimum absolute atomic E-state index is 0.0154. The van der Waals surface area contributed by atoms with Gasteiger partial charge in [0.05, 0.1) is 12.3 Å². The zero-order chi connectivity index (χ0) is 14.9. The summed E-state index contributed by atoms with van der Waals surface area (Å²) in [5.74, 6) is 0. The number of hydrogen-bond donors (Lipinski definition) is 0. The number of methoxy groups -OCH3 is 1. The Morgan fingerprint density at radius 3 is 2.60 bits per heavy atom. The first-order chi connectivity index (χ1) is 9.36. The second-order valence-corrected chi connectivity index (χ2v) is 7.52. The monoisotopic (exact) mass is 398 g/mol. The van der Waals surface area contributed by atoms with E-state index in [0.717, 1.165) is 0 Å². The van der Waals surface area contributed by atoms with E-state index in [-0.39, 0.29) is 22.3 Å². The van der Waals surface area contributed by atoms with Gasteiger partial charge >= 0.3 is 0 Å². The maximum Gasteiger partial charge on any atom is 0.266 e. The molecule has 2 rings (SSSR count). The molecule has 1 aromatic carbocycles. The summed E-state index contributed by atoms with van der Waals surface area (Å²) in [4.78, 5) is -0.238. The average Bonchev–Trinajstić information content (AvgIpc) is 2.67. The lowest BCUT2D eigenvalue weighted by Crippen LogP contribution is -1.99. The highest BCUT2D eigenvalue weighted by atomic mass is 79.9. The molecule has 5 nitrogen and oxygen atoms in total. The predicted molar refractivity (Wildman–Crippen MR) is 80.0 cm³/mol. The first kappa shape index (κ1) is 15.8. The van der Waals surface area contributed by atoms with Crippen LogP contribution in [0.5, 0.6) is 0 Å². The summed E-state index contributed by atoms with van der Waals surface area (Å²) in [6.45, 7) is -0.0154. The van der Waals surface area contributed by atoms with Crippen molar-refractivity contribution < 1.29 is 13.2 Å². The highest BCUT2D eigenvalue weighted by molar-refractivity contribution is 9.10. The number of ether oxygens (including phenoxy) is 1. The molecule has 0 atom stereocenters. The minimum Gasteiger partial charge on any atom is -0.378 e. The largest absolute Gasteiger partial charge is 0.378 e. The van der Waals surface area contributed by atoms with Crippen LogP contribution in [0.25, 0.3) is 5.69 Å². The maximum atomic E-state index is 11.6. The van der Waals surface area contributed by atoms with E-state index in [4.69, 9.17) is 27.0 Å². The van der Waals surface area contributed by atoms with Gasteiger partial charge in [0.15, 0.2) is 5.15 Å². The van der Waals surface area contributed by atoms with E-state index in [9.17, 15) is 8.42 Å². The first-order valence-electron chi connectivity index (χ1n) is 5.32. The number of benzene rings is 1. The van der Waals surface area contributed by atoms with Crippen LogP contribution in [0.2, 0.25) is 5.15 Å². The van der Waals surface area contributed by atoms with Gasteiger partial charge in [-0.05, 0) is 28.1 Å².